The van der Waals surface area contributed by atoms with Crippen LogP contribution in [0.1, 0.15) is 103 Å². The molecule has 4 aliphatic rings. The van der Waals surface area contributed by atoms with E-state index in [2.05, 4.69) is 193 Å². The predicted molar refractivity (Wildman–Crippen MR) is 238 cm³/mol. The fraction of sp³-hybridized carbons (Fsp3) is 0.308. The largest absolute Gasteiger partial charge is 0.458 e. The molecule has 0 amide bonds. The lowest BCUT2D eigenvalue weighted by Crippen LogP contribution is -2.60. The highest BCUT2D eigenvalue weighted by Crippen LogP contribution is 2.52. The summed E-state index contributed by atoms with van der Waals surface area (Å²) >= 11 is 0. The minimum Gasteiger partial charge on any atom is -0.458 e. The zero-order valence-electron chi connectivity index (χ0n) is 34.3. The summed E-state index contributed by atoms with van der Waals surface area (Å²) in [6.07, 6.45) is 4.71. The van der Waals surface area contributed by atoms with E-state index in [9.17, 15) is 0 Å². The fourth-order valence-corrected chi connectivity index (χ4v) is 10.5. The first kappa shape index (κ1) is 35.2. The standard InChI is InChI=1S/C52H53BN2O/c1-49(2)25-26-50(3,4)39-29-36(23-24-38(39)49)55-44-33-41-40(51(5,6)27-28-52(41,7)8)32-43(44)53-42-21-15-16-22-46(42)56-47-31-37(30-45(55)48(47)53)54(34-17-11-9-12-18-34)35-19-13-10-14-20-35/h9-24,29-33H,25-28H2,1-8H3. The second-order valence-electron chi connectivity index (χ2n) is 19.5. The Kier molecular flexibility index (Phi) is 7.64. The Morgan fingerprint density at radius 1 is 0.464 bits per heavy atom. The summed E-state index contributed by atoms with van der Waals surface area (Å²) in [5, 5.41) is 0. The van der Waals surface area contributed by atoms with Gasteiger partial charge in [-0.2, -0.15) is 0 Å². The van der Waals surface area contributed by atoms with Gasteiger partial charge in [0, 0.05) is 34.5 Å². The third-order valence-corrected chi connectivity index (χ3v) is 14.0. The zero-order chi connectivity index (χ0) is 38.8. The van der Waals surface area contributed by atoms with Crippen molar-refractivity contribution >= 4 is 57.2 Å². The van der Waals surface area contributed by atoms with E-state index in [0.29, 0.717) is 0 Å². The van der Waals surface area contributed by atoms with Gasteiger partial charge in [-0.15, -0.1) is 0 Å². The Bertz CT molecular complexity index is 2490. The number of para-hydroxylation sites is 3. The van der Waals surface area contributed by atoms with Crippen molar-refractivity contribution in [2.24, 2.45) is 0 Å². The zero-order valence-corrected chi connectivity index (χ0v) is 34.3. The Labute approximate surface area is 334 Å². The van der Waals surface area contributed by atoms with Gasteiger partial charge in [0.1, 0.15) is 11.5 Å². The summed E-state index contributed by atoms with van der Waals surface area (Å²) < 4.78 is 7.07. The molecule has 6 aromatic carbocycles. The molecule has 0 spiro atoms. The molecule has 0 saturated heterocycles. The molecule has 0 aromatic heterocycles. The fourth-order valence-electron chi connectivity index (χ4n) is 10.5. The molecular formula is C52H53BN2O. The van der Waals surface area contributed by atoms with Gasteiger partial charge in [-0.3, -0.25) is 0 Å². The summed E-state index contributed by atoms with van der Waals surface area (Å²) in [6, 6.07) is 47.6. The maximum Gasteiger partial charge on any atom is 0.256 e. The smallest absolute Gasteiger partial charge is 0.256 e. The third kappa shape index (κ3) is 5.31. The monoisotopic (exact) mass is 732 g/mol. The molecule has 2 aliphatic carbocycles. The van der Waals surface area contributed by atoms with Gasteiger partial charge in [0.25, 0.3) is 6.71 Å². The number of benzene rings is 6. The van der Waals surface area contributed by atoms with Crippen LogP contribution in [-0.2, 0) is 21.7 Å². The number of anilines is 6. The van der Waals surface area contributed by atoms with E-state index >= 15 is 0 Å². The van der Waals surface area contributed by atoms with Crippen molar-refractivity contribution < 1.29 is 4.74 Å². The lowest BCUT2D eigenvalue weighted by molar-refractivity contribution is 0.332. The van der Waals surface area contributed by atoms with Crippen molar-refractivity contribution in [3.05, 3.63) is 150 Å². The van der Waals surface area contributed by atoms with Crippen LogP contribution in [0.3, 0.4) is 0 Å². The molecular weight excluding hydrogens is 679 g/mol. The molecule has 2 aliphatic heterocycles. The number of ether oxygens (including phenoxy) is 1. The first-order valence-electron chi connectivity index (χ1n) is 20.7. The summed E-state index contributed by atoms with van der Waals surface area (Å²) in [4.78, 5) is 4.98. The van der Waals surface area contributed by atoms with Crippen LogP contribution in [0.4, 0.5) is 34.1 Å². The molecule has 6 aromatic rings. The summed E-state index contributed by atoms with van der Waals surface area (Å²) in [7, 11) is 0. The average Bonchev–Trinajstić information content (AvgIpc) is 3.19. The van der Waals surface area contributed by atoms with E-state index in [0.717, 1.165) is 28.6 Å². The summed E-state index contributed by atoms with van der Waals surface area (Å²) in [5.74, 6) is 1.86. The molecule has 56 heavy (non-hydrogen) atoms. The molecule has 4 heteroatoms. The number of rotatable bonds is 4. The van der Waals surface area contributed by atoms with Crippen LogP contribution in [0.25, 0.3) is 0 Å². The summed E-state index contributed by atoms with van der Waals surface area (Å²) in [6.45, 7) is 19.6. The van der Waals surface area contributed by atoms with E-state index in [-0.39, 0.29) is 28.4 Å². The maximum atomic E-state index is 7.07. The van der Waals surface area contributed by atoms with Gasteiger partial charge in [0.15, 0.2) is 0 Å². The number of hydrogen-bond donors (Lipinski definition) is 0. The van der Waals surface area contributed by atoms with E-state index in [1.54, 1.807) is 0 Å². The SMILES string of the molecule is CC1(C)CCC(C)(C)c2cc(N3c4cc5c(cc4B4c6ccccc6Oc6cc(N(c7ccccc7)c7ccccc7)cc3c64)C(C)(C)CCC5(C)C)ccc21. The number of hydrogen-bond acceptors (Lipinski definition) is 3. The predicted octanol–water partition coefficient (Wildman–Crippen LogP) is 12.3. The van der Waals surface area contributed by atoms with Crippen LogP contribution in [0.2, 0.25) is 0 Å². The quantitative estimate of drug-likeness (QED) is 0.168. The molecule has 2 heterocycles. The first-order chi connectivity index (χ1) is 26.7. The number of nitrogens with zero attached hydrogens (tertiary/aromatic N) is 2. The van der Waals surface area contributed by atoms with Crippen LogP contribution in [0, 0.1) is 0 Å². The lowest BCUT2D eigenvalue weighted by atomic mass is 9.33. The number of fused-ring (bicyclic) bond motifs is 6. The van der Waals surface area contributed by atoms with Gasteiger partial charge in [-0.1, -0.05) is 122 Å². The molecule has 280 valence electrons. The molecule has 0 bridgehead atoms. The van der Waals surface area contributed by atoms with Gasteiger partial charge in [-0.25, -0.2) is 0 Å². The normalized spacial score (nSPS) is 18.7. The minimum absolute atomic E-state index is 0.0336. The molecule has 0 unspecified atom stereocenters. The Balaban J connectivity index is 1.31. The van der Waals surface area contributed by atoms with Crippen LogP contribution < -0.4 is 30.9 Å². The highest BCUT2D eigenvalue weighted by Gasteiger charge is 2.46. The van der Waals surface area contributed by atoms with Crippen LogP contribution >= 0.6 is 0 Å². The highest BCUT2D eigenvalue weighted by molar-refractivity contribution is 6.99. The summed E-state index contributed by atoms with van der Waals surface area (Å²) in [5.41, 5.74) is 17.1. The van der Waals surface area contributed by atoms with Crippen LogP contribution in [0.15, 0.2) is 127 Å². The second kappa shape index (κ2) is 12.1. The molecule has 3 nitrogen and oxygen atoms in total. The van der Waals surface area contributed by atoms with Gasteiger partial charge in [-0.05, 0) is 141 Å². The molecule has 0 N–H and O–H groups in total. The molecule has 0 atom stereocenters. The average molecular weight is 733 g/mol. The topological polar surface area (TPSA) is 15.7 Å². The Hall–Kier alpha value is -5.22. The first-order valence-corrected chi connectivity index (χ1v) is 20.7. The Morgan fingerprint density at radius 2 is 1.00 bits per heavy atom. The lowest BCUT2D eigenvalue weighted by Gasteiger charge is -2.46. The van der Waals surface area contributed by atoms with E-state index in [1.807, 2.05) is 0 Å². The van der Waals surface area contributed by atoms with Gasteiger partial charge in [0.2, 0.25) is 0 Å². The second-order valence-corrected chi connectivity index (χ2v) is 19.5. The van der Waals surface area contributed by atoms with Gasteiger partial charge >= 0.3 is 0 Å². The van der Waals surface area contributed by atoms with Crippen molar-refractivity contribution in [2.75, 3.05) is 9.80 Å². The van der Waals surface area contributed by atoms with Crippen molar-refractivity contribution in [3.63, 3.8) is 0 Å². The minimum atomic E-state index is 0.0336. The highest BCUT2D eigenvalue weighted by atomic mass is 16.5. The van der Waals surface area contributed by atoms with Gasteiger partial charge < -0.3 is 14.5 Å². The molecule has 10 rings (SSSR count). The van der Waals surface area contributed by atoms with Crippen LogP contribution in [-0.4, -0.2) is 6.71 Å². The van der Waals surface area contributed by atoms with Crippen molar-refractivity contribution in [1.82, 2.24) is 0 Å². The van der Waals surface area contributed by atoms with E-state index in [4.69, 9.17) is 4.74 Å². The Morgan fingerprint density at radius 3 is 1.62 bits per heavy atom. The van der Waals surface area contributed by atoms with Crippen molar-refractivity contribution in [2.45, 2.75) is 103 Å². The van der Waals surface area contributed by atoms with Gasteiger partial charge in [0.05, 0.1) is 5.69 Å². The molecule has 0 radical (unpaired) electrons. The maximum absolute atomic E-state index is 7.07. The van der Waals surface area contributed by atoms with Crippen molar-refractivity contribution in [3.8, 4) is 11.5 Å². The van der Waals surface area contributed by atoms with E-state index < -0.39 is 0 Å². The third-order valence-electron chi connectivity index (χ3n) is 14.0. The molecule has 0 saturated carbocycles. The van der Waals surface area contributed by atoms with Crippen LogP contribution in [0.5, 0.6) is 11.5 Å². The van der Waals surface area contributed by atoms with Crippen molar-refractivity contribution in [1.29, 1.82) is 0 Å². The molecule has 0 fully saturated rings. The van der Waals surface area contributed by atoms with E-state index in [1.165, 1.54) is 81.4 Å².